The summed E-state index contributed by atoms with van der Waals surface area (Å²) in [5.74, 6) is -0.100. The maximum Gasteiger partial charge on any atom is 0.239 e. The van der Waals surface area contributed by atoms with Gasteiger partial charge in [0, 0.05) is 37.6 Å². The van der Waals surface area contributed by atoms with Gasteiger partial charge in [0.2, 0.25) is 11.8 Å². The van der Waals surface area contributed by atoms with Crippen LogP contribution in [-0.4, -0.2) is 93.9 Å². The molecule has 0 radical (unpaired) electrons. The van der Waals surface area contributed by atoms with Crippen LogP contribution in [0.3, 0.4) is 0 Å². The van der Waals surface area contributed by atoms with Crippen molar-refractivity contribution in [2.75, 3.05) is 76.4 Å². The van der Waals surface area contributed by atoms with E-state index in [2.05, 4.69) is 10.2 Å². The Balaban J connectivity index is 1.48. The minimum atomic E-state index is -0.354. The van der Waals surface area contributed by atoms with Gasteiger partial charge >= 0.3 is 0 Å². The zero-order valence-electron chi connectivity index (χ0n) is 16.7. The van der Waals surface area contributed by atoms with Crippen molar-refractivity contribution < 1.29 is 19.1 Å². The van der Waals surface area contributed by atoms with E-state index >= 15 is 0 Å². The molecule has 1 aromatic carbocycles. The fourth-order valence-electron chi connectivity index (χ4n) is 3.38. The number of hydrogen-bond acceptors (Lipinski definition) is 6. The number of likely N-dealkylation sites (N-methyl/N-ethyl adjacent to an activating group) is 1. The molecule has 1 unspecified atom stereocenters. The molecular formula is C20H30N4O4. The highest BCUT2D eigenvalue weighted by atomic mass is 16.5. The molecule has 154 valence electrons. The van der Waals surface area contributed by atoms with E-state index < -0.39 is 0 Å². The van der Waals surface area contributed by atoms with Gasteiger partial charge in [0.05, 0.1) is 39.0 Å². The van der Waals surface area contributed by atoms with Gasteiger partial charge in [-0.15, -0.1) is 0 Å². The normalized spacial score (nSPS) is 18.8. The molecule has 1 atom stereocenters. The van der Waals surface area contributed by atoms with Gasteiger partial charge in [0.15, 0.2) is 0 Å². The molecule has 1 N–H and O–H groups in total. The minimum absolute atomic E-state index is 0.0356. The second-order valence-electron chi connectivity index (χ2n) is 7.22. The van der Waals surface area contributed by atoms with Crippen LogP contribution >= 0.6 is 0 Å². The zero-order chi connectivity index (χ0) is 19.9. The van der Waals surface area contributed by atoms with Crippen molar-refractivity contribution in [2.24, 2.45) is 0 Å². The monoisotopic (exact) mass is 390 g/mol. The standard InChI is InChI=1S/C20H30N4O4/c1-16(20(26)24-9-13-28-14-10-24)22(2)15-19(25)21-17-3-5-18(6-4-17)23-7-11-27-12-8-23/h3-6,16H,7-15H2,1-2H3,(H,21,25). The smallest absolute Gasteiger partial charge is 0.239 e. The van der Waals surface area contributed by atoms with Crippen molar-refractivity contribution in [1.29, 1.82) is 0 Å². The van der Waals surface area contributed by atoms with E-state index in [0.29, 0.717) is 26.3 Å². The zero-order valence-corrected chi connectivity index (χ0v) is 16.7. The molecule has 0 bridgehead atoms. The van der Waals surface area contributed by atoms with Crippen molar-refractivity contribution in [3.63, 3.8) is 0 Å². The minimum Gasteiger partial charge on any atom is -0.378 e. The maximum atomic E-state index is 12.6. The van der Waals surface area contributed by atoms with Gasteiger partial charge in [-0.3, -0.25) is 14.5 Å². The first-order chi connectivity index (χ1) is 13.5. The first-order valence-corrected chi connectivity index (χ1v) is 9.84. The Morgan fingerprint density at radius 3 is 2.21 bits per heavy atom. The topological polar surface area (TPSA) is 74.4 Å². The summed E-state index contributed by atoms with van der Waals surface area (Å²) in [4.78, 5) is 30.8. The van der Waals surface area contributed by atoms with Crippen LogP contribution in [0.5, 0.6) is 0 Å². The van der Waals surface area contributed by atoms with Gasteiger partial charge in [-0.05, 0) is 38.2 Å². The highest BCUT2D eigenvalue weighted by molar-refractivity contribution is 5.93. The third kappa shape index (κ3) is 5.43. The molecule has 2 aliphatic rings. The predicted octanol–water partition coefficient (Wildman–Crippen LogP) is 0.641. The Hall–Kier alpha value is -2.16. The van der Waals surface area contributed by atoms with E-state index in [0.717, 1.165) is 37.7 Å². The molecule has 0 spiro atoms. The lowest BCUT2D eigenvalue weighted by atomic mass is 10.2. The summed E-state index contributed by atoms with van der Waals surface area (Å²) in [6.07, 6.45) is 0. The third-order valence-corrected chi connectivity index (χ3v) is 5.26. The fraction of sp³-hybridized carbons (Fsp3) is 0.600. The number of anilines is 2. The second-order valence-corrected chi connectivity index (χ2v) is 7.22. The Morgan fingerprint density at radius 1 is 1.04 bits per heavy atom. The van der Waals surface area contributed by atoms with E-state index in [1.165, 1.54) is 0 Å². The first-order valence-electron chi connectivity index (χ1n) is 9.84. The van der Waals surface area contributed by atoms with E-state index in [-0.39, 0.29) is 24.4 Å². The van der Waals surface area contributed by atoms with Gasteiger partial charge in [0.1, 0.15) is 0 Å². The molecule has 3 rings (SSSR count). The Morgan fingerprint density at radius 2 is 1.61 bits per heavy atom. The summed E-state index contributed by atoms with van der Waals surface area (Å²) in [7, 11) is 1.80. The predicted molar refractivity (Wildman–Crippen MR) is 108 cm³/mol. The summed E-state index contributed by atoms with van der Waals surface area (Å²) in [6, 6.07) is 7.48. The quantitative estimate of drug-likeness (QED) is 0.769. The highest BCUT2D eigenvalue weighted by Gasteiger charge is 2.26. The number of amides is 2. The number of nitrogens with zero attached hydrogens (tertiary/aromatic N) is 3. The molecule has 2 heterocycles. The number of benzene rings is 1. The van der Waals surface area contributed by atoms with Crippen LogP contribution < -0.4 is 10.2 Å². The Bertz CT molecular complexity index is 655. The molecule has 1 aromatic rings. The SMILES string of the molecule is CC(C(=O)N1CCOCC1)N(C)CC(=O)Nc1ccc(N2CCOCC2)cc1. The fourth-order valence-corrected chi connectivity index (χ4v) is 3.38. The molecule has 2 saturated heterocycles. The summed E-state index contributed by atoms with van der Waals surface area (Å²) in [6.45, 7) is 7.60. The van der Waals surface area contributed by atoms with Crippen LogP contribution in [0.1, 0.15) is 6.92 Å². The molecule has 2 amide bonds. The summed E-state index contributed by atoms with van der Waals surface area (Å²) >= 11 is 0. The van der Waals surface area contributed by atoms with E-state index in [9.17, 15) is 9.59 Å². The number of carbonyl (C=O) groups is 2. The van der Waals surface area contributed by atoms with Gasteiger partial charge < -0.3 is 24.6 Å². The molecule has 2 fully saturated rings. The summed E-state index contributed by atoms with van der Waals surface area (Å²) in [5.41, 5.74) is 1.88. The molecule has 0 aromatic heterocycles. The van der Waals surface area contributed by atoms with Gasteiger partial charge in [-0.1, -0.05) is 0 Å². The molecule has 0 saturated carbocycles. The van der Waals surface area contributed by atoms with Gasteiger partial charge in [-0.2, -0.15) is 0 Å². The first kappa shape index (κ1) is 20.6. The lowest BCUT2D eigenvalue weighted by Crippen LogP contribution is -2.50. The number of morpholine rings is 2. The lowest BCUT2D eigenvalue weighted by molar-refractivity contribution is -0.140. The number of nitrogens with one attached hydrogen (secondary N) is 1. The van der Waals surface area contributed by atoms with Crippen molar-refractivity contribution >= 4 is 23.2 Å². The van der Waals surface area contributed by atoms with Crippen LogP contribution in [0.4, 0.5) is 11.4 Å². The third-order valence-electron chi connectivity index (χ3n) is 5.26. The number of ether oxygens (including phenoxy) is 2. The van der Waals surface area contributed by atoms with Crippen molar-refractivity contribution in [2.45, 2.75) is 13.0 Å². The van der Waals surface area contributed by atoms with Crippen molar-refractivity contribution in [1.82, 2.24) is 9.80 Å². The van der Waals surface area contributed by atoms with E-state index in [1.54, 1.807) is 16.8 Å². The van der Waals surface area contributed by atoms with Gasteiger partial charge in [0.25, 0.3) is 0 Å². The van der Waals surface area contributed by atoms with Crippen LogP contribution in [0.25, 0.3) is 0 Å². The molecule has 28 heavy (non-hydrogen) atoms. The highest BCUT2D eigenvalue weighted by Crippen LogP contribution is 2.19. The number of carbonyl (C=O) groups excluding carboxylic acids is 2. The van der Waals surface area contributed by atoms with Crippen LogP contribution in [-0.2, 0) is 19.1 Å². The average Bonchev–Trinajstić information content (AvgIpc) is 2.74. The molecule has 8 heteroatoms. The molecule has 0 aliphatic carbocycles. The van der Waals surface area contributed by atoms with E-state index in [4.69, 9.17) is 9.47 Å². The largest absolute Gasteiger partial charge is 0.378 e. The number of hydrogen-bond donors (Lipinski definition) is 1. The Labute approximate surface area is 166 Å². The van der Waals surface area contributed by atoms with Crippen LogP contribution in [0.15, 0.2) is 24.3 Å². The maximum absolute atomic E-state index is 12.6. The average molecular weight is 390 g/mol. The Kier molecular flexibility index (Phi) is 7.24. The molecular weight excluding hydrogens is 360 g/mol. The number of rotatable bonds is 6. The summed E-state index contributed by atoms with van der Waals surface area (Å²) < 4.78 is 10.7. The second kappa shape index (κ2) is 9.86. The summed E-state index contributed by atoms with van der Waals surface area (Å²) in [5, 5.41) is 2.91. The van der Waals surface area contributed by atoms with Crippen molar-refractivity contribution in [3.05, 3.63) is 24.3 Å². The van der Waals surface area contributed by atoms with Gasteiger partial charge in [-0.25, -0.2) is 0 Å². The van der Waals surface area contributed by atoms with E-state index in [1.807, 2.05) is 31.2 Å². The molecule has 2 aliphatic heterocycles. The van der Waals surface area contributed by atoms with Crippen molar-refractivity contribution in [3.8, 4) is 0 Å². The molecule has 8 nitrogen and oxygen atoms in total. The lowest BCUT2D eigenvalue weighted by Gasteiger charge is -2.32. The van der Waals surface area contributed by atoms with Crippen LogP contribution in [0, 0.1) is 0 Å². The van der Waals surface area contributed by atoms with Crippen LogP contribution in [0.2, 0.25) is 0 Å².